The van der Waals surface area contributed by atoms with Crippen molar-refractivity contribution in [3.05, 3.63) is 89.0 Å². The summed E-state index contributed by atoms with van der Waals surface area (Å²) < 4.78 is 5.94. The maximum absolute atomic E-state index is 12.7. The first kappa shape index (κ1) is 21.6. The molecule has 0 radical (unpaired) electrons. The van der Waals surface area contributed by atoms with Crippen LogP contribution in [0.4, 0.5) is 0 Å². The van der Waals surface area contributed by atoms with E-state index in [-0.39, 0.29) is 5.91 Å². The zero-order chi connectivity index (χ0) is 22.7. The zero-order valence-corrected chi connectivity index (χ0v) is 18.4. The highest BCUT2D eigenvalue weighted by Crippen LogP contribution is 2.28. The van der Waals surface area contributed by atoms with Crippen molar-refractivity contribution in [2.75, 3.05) is 6.54 Å². The Morgan fingerprint density at radius 2 is 1.69 bits per heavy atom. The summed E-state index contributed by atoms with van der Waals surface area (Å²) in [5.74, 6) is -0.531. The fraction of sp³-hybridized carbons (Fsp3) is 0.259. The molecule has 0 aliphatic carbocycles. The maximum Gasteiger partial charge on any atom is 0.326 e. The first-order valence-electron chi connectivity index (χ1n) is 10.9. The fourth-order valence-corrected chi connectivity index (χ4v) is 4.38. The molecule has 1 N–H and O–H groups in total. The molecule has 0 spiro atoms. The van der Waals surface area contributed by atoms with Crippen LogP contribution < -0.4 is 4.74 Å². The highest BCUT2D eigenvalue weighted by atomic mass is 16.5. The quantitative estimate of drug-likeness (QED) is 0.582. The summed E-state index contributed by atoms with van der Waals surface area (Å²) in [5, 5.41) is 9.31. The predicted octanol–water partition coefficient (Wildman–Crippen LogP) is 5.24. The van der Waals surface area contributed by atoms with Gasteiger partial charge in [-0.15, -0.1) is 0 Å². The summed E-state index contributed by atoms with van der Waals surface area (Å²) in [7, 11) is 0. The minimum atomic E-state index is -0.945. The average Bonchev–Trinajstić information content (AvgIpc) is 3.28. The number of benzene rings is 3. The number of carboxylic acid groups (broad SMARTS) is 1. The van der Waals surface area contributed by atoms with E-state index >= 15 is 0 Å². The third kappa shape index (κ3) is 4.52. The van der Waals surface area contributed by atoms with Crippen molar-refractivity contribution in [2.45, 2.75) is 39.3 Å². The number of hydrogen-bond acceptors (Lipinski definition) is 3. The van der Waals surface area contributed by atoms with Gasteiger partial charge < -0.3 is 14.7 Å². The standard InChI is InChI=1S/C27H27NO4/c1-18-6-3-7-19(2)25(18)22-9-4-8-20(16-22)17-32-23-13-11-21(12-14-23)26(29)28-15-5-10-24(28)27(30)31/h3-4,6-9,11-14,16,24H,5,10,15,17H2,1-2H3,(H,30,31)/t24-/m1/s1. The lowest BCUT2D eigenvalue weighted by molar-refractivity contribution is -0.141. The molecule has 1 atom stereocenters. The van der Waals surface area contributed by atoms with Crippen LogP contribution in [-0.2, 0) is 11.4 Å². The summed E-state index contributed by atoms with van der Waals surface area (Å²) in [6, 6.07) is 20.8. The number of hydrogen-bond donors (Lipinski definition) is 1. The number of nitrogens with zero attached hydrogens (tertiary/aromatic N) is 1. The summed E-state index contributed by atoms with van der Waals surface area (Å²) >= 11 is 0. The maximum atomic E-state index is 12.7. The largest absolute Gasteiger partial charge is 0.489 e. The van der Waals surface area contributed by atoms with Gasteiger partial charge in [0.25, 0.3) is 5.91 Å². The monoisotopic (exact) mass is 429 g/mol. The van der Waals surface area contributed by atoms with Crippen LogP contribution in [0.1, 0.15) is 39.9 Å². The molecule has 0 bridgehead atoms. The molecule has 1 saturated heterocycles. The van der Waals surface area contributed by atoms with Gasteiger partial charge in [-0.3, -0.25) is 4.79 Å². The second-order valence-corrected chi connectivity index (χ2v) is 8.28. The summed E-state index contributed by atoms with van der Waals surface area (Å²) in [6.45, 7) is 5.13. The topological polar surface area (TPSA) is 66.8 Å². The molecule has 32 heavy (non-hydrogen) atoms. The number of carbonyl (C=O) groups is 2. The van der Waals surface area contributed by atoms with Gasteiger partial charge in [-0.05, 0) is 84.8 Å². The third-order valence-electron chi connectivity index (χ3n) is 6.00. The van der Waals surface area contributed by atoms with Crippen molar-refractivity contribution >= 4 is 11.9 Å². The van der Waals surface area contributed by atoms with Gasteiger partial charge in [0.05, 0.1) is 0 Å². The van der Waals surface area contributed by atoms with E-state index in [1.54, 1.807) is 24.3 Å². The van der Waals surface area contributed by atoms with Gasteiger partial charge in [-0.2, -0.15) is 0 Å². The number of amides is 1. The number of carboxylic acids is 1. The van der Waals surface area contributed by atoms with Crippen molar-refractivity contribution in [2.24, 2.45) is 0 Å². The minimum Gasteiger partial charge on any atom is -0.489 e. The van der Waals surface area contributed by atoms with Crippen LogP contribution in [0.15, 0.2) is 66.7 Å². The Balaban J connectivity index is 1.43. The lowest BCUT2D eigenvalue weighted by atomic mass is 9.95. The van der Waals surface area contributed by atoms with E-state index in [2.05, 4.69) is 44.2 Å². The Labute approximate surface area is 188 Å². The van der Waals surface area contributed by atoms with Crippen molar-refractivity contribution in [3.63, 3.8) is 0 Å². The average molecular weight is 430 g/mol. The molecule has 5 heteroatoms. The van der Waals surface area contributed by atoms with E-state index < -0.39 is 12.0 Å². The number of carbonyl (C=O) groups excluding carboxylic acids is 1. The second kappa shape index (κ2) is 9.27. The summed E-state index contributed by atoms with van der Waals surface area (Å²) in [4.78, 5) is 25.5. The molecule has 0 aromatic heterocycles. The van der Waals surface area contributed by atoms with Crippen molar-refractivity contribution in [3.8, 4) is 16.9 Å². The molecule has 3 aromatic carbocycles. The van der Waals surface area contributed by atoms with Crippen LogP contribution >= 0.6 is 0 Å². The summed E-state index contributed by atoms with van der Waals surface area (Å²) in [6.07, 6.45) is 1.22. The van der Waals surface area contributed by atoms with Crippen LogP contribution in [0.3, 0.4) is 0 Å². The van der Waals surface area contributed by atoms with Crippen molar-refractivity contribution in [1.82, 2.24) is 4.90 Å². The van der Waals surface area contributed by atoms with Crippen molar-refractivity contribution in [1.29, 1.82) is 0 Å². The van der Waals surface area contributed by atoms with E-state index in [9.17, 15) is 14.7 Å². The van der Waals surface area contributed by atoms with Crippen LogP contribution in [0.5, 0.6) is 5.75 Å². The van der Waals surface area contributed by atoms with Crippen LogP contribution in [0, 0.1) is 13.8 Å². The second-order valence-electron chi connectivity index (χ2n) is 8.28. The Morgan fingerprint density at radius 3 is 2.38 bits per heavy atom. The van der Waals surface area contributed by atoms with Crippen molar-refractivity contribution < 1.29 is 19.4 Å². The number of likely N-dealkylation sites (tertiary alicyclic amines) is 1. The molecular formula is C27H27NO4. The summed E-state index contributed by atoms with van der Waals surface area (Å²) in [5.41, 5.74) is 6.44. The van der Waals surface area contributed by atoms with E-state index in [4.69, 9.17) is 4.74 Å². The number of aryl methyl sites for hydroxylation is 2. The SMILES string of the molecule is Cc1cccc(C)c1-c1cccc(COc2ccc(C(=O)N3CCC[C@@H]3C(=O)O)cc2)c1. The number of ether oxygens (including phenoxy) is 1. The molecule has 5 nitrogen and oxygen atoms in total. The smallest absolute Gasteiger partial charge is 0.326 e. The van der Waals surface area contributed by atoms with Gasteiger partial charge in [-0.25, -0.2) is 4.79 Å². The van der Waals surface area contributed by atoms with E-state index in [0.717, 1.165) is 5.56 Å². The van der Waals surface area contributed by atoms with Crippen LogP contribution in [0.2, 0.25) is 0 Å². The molecule has 164 valence electrons. The molecule has 1 amide bonds. The van der Waals surface area contributed by atoms with Gasteiger partial charge in [0, 0.05) is 12.1 Å². The van der Waals surface area contributed by atoms with Crippen LogP contribution in [-0.4, -0.2) is 34.5 Å². The van der Waals surface area contributed by atoms with E-state index in [1.807, 2.05) is 12.1 Å². The normalized spacial score (nSPS) is 15.6. The first-order valence-corrected chi connectivity index (χ1v) is 10.9. The van der Waals surface area contributed by atoms with Gasteiger partial charge in [0.1, 0.15) is 18.4 Å². The molecule has 1 aliphatic heterocycles. The molecule has 1 fully saturated rings. The van der Waals surface area contributed by atoms with Gasteiger partial charge >= 0.3 is 5.97 Å². The Bertz CT molecular complexity index is 1120. The predicted molar refractivity (Wildman–Crippen MR) is 124 cm³/mol. The minimum absolute atomic E-state index is 0.247. The van der Waals surface area contributed by atoms with E-state index in [1.165, 1.54) is 27.2 Å². The van der Waals surface area contributed by atoms with Gasteiger partial charge in [-0.1, -0.05) is 36.4 Å². The van der Waals surface area contributed by atoms with E-state index in [0.29, 0.717) is 37.3 Å². The lowest BCUT2D eigenvalue weighted by Gasteiger charge is -2.21. The molecule has 1 aliphatic rings. The highest BCUT2D eigenvalue weighted by Gasteiger charge is 2.34. The number of rotatable bonds is 6. The highest BCUT2D eigenvalue weighted by molar-refractivity contribution is 5.97. The van der Waals surface area contributed by atoms with Gasteiger partial charge in [0.15, 0.2) is 0 Å². The first-order chi connectivity index (χ1) is 15.4. The third-order valence-corrected chi connectivity index (χ3v) is 6.00. The Kier molecular flexibility index (Phi) is 6.26. The molecule has 4 rings (SSSR count). The molecular weight excluding hydrogens is 402 g/mol. The zero-order valence-electron chi connectivity index (χ0n) is 18.4. The molecule has 0 saturated carbocycles. The Morgan fingerprint density at radius 1 is 1.00 bits per heavy atom. The van der Waals surface area contributed by atoms with Gasteiger partial charge in [0.2, 0.25) is 0 Å². The van der Waals surface area contributed by atoms with Crippen LogP contribution in [0.25, 0.3) is 11.1 Å². The molecule has 1 heterocycles. The lowest BCUT2D eigenvalue weighted by Crippen LogP contribution is -2.40. The number of aliphatic carboxylic acids is 1. The Hall–Kier alpha value is -3.60. The molecule has 3 aromatic rings. The fourth-order valence-electron chi connectivity index (χ4n) is 4.38. The molecule has 0 unspecified atom stereocenters.